The molecular formula is C18H32N4O3S2+2. The molecule has 27 heavy (non-hydrogen) atoms. The van der Waals surface area contributed by atoms with Gasteiger partial charge in [0.15, 0.2) is 17.2 Å². The summed E-state index contributed by atoms with van der Waals surface area (Å²) in [7, 11) is 0. The van der Waals surface area contributed by atoms with Gasteiger partial charge in [-0.3, -0.25) is 14.2 Å². The van der Waals surface area contributed by atoms with Crippen LogP contribution in [-0.2, 0) is 27.4 Å². The van der Waals surface area contributed by atoms with Gasteiger partial charge in [0.25, 0.3) is 5.91 Å². The molecule has 0 bridgehead atoms. The normalized spacial score (nSPS) is 20.3. The van der Waals surface area contributed by atoms with Crippen LogP contribution in [0.5, 0.6) is 0 Å². The van der Waals surface area contributed by atoms with E-state index in [0.717, 1.165) is 42.5 Å². The Hall–Kier alpha value is -1.29. The molecule has 1 aromatic heterocycles. The molecule has 0 atom stereocenters. The molecule has 1 aliphatic heterocycles. The molecule has 0 saturated carbocycles. The lowest BCUT2D eigenvalue weighted by atomic mass is 10.1. The van der Waals surface area contributed by atoms with Crippen molar-refractivity contribution in [3.8, 4) is 0 Å². The van der Waals surface area contributed by atoms with Crippen LogP contribution in [0, 0.1) is 3.95 Å². The number of carbonyl (C=O) groups is 2. The summed E-state index contributed by atoms with van der Waals surface area (Å²) in [6.07, 6.45) is 0.263. The van der Waals surface area contributed by atoms with Crippen LogP contribution in [0.2, 0.25) is 0 Å². The molecular weight excluding hydrogens is 384 g/mol. The summed E-state index contributed by atoms with van der Waals surface area (Å²) in [4.78, 5) is 26.7. The number of amides is 1. The highest BCUT2D eigenvalue weighted by molar-refractivity contribution is 7.73. The van der Waals surface area contributed by atoms with Crippen molar-refractivity contribution in [3.63, 3.8) is 0 Å². The van der Waals surface area contributed by atoms with Crippen molar-refractivity contribution in [2.24, 2.45) is 0 Å². The molecule has 9 heteroatoms. The van der Waals surface area contributed by atoms with Crippen molar-refractivity contribution >= 4 is 35.4 Å². The summed E-state index contributed by atoms with van der Waals surface area (Å²) >= 11 is 6.94. The predicted molar refractivity (Wildman–Crippen MR) is 108 cm³/mol. The second kappa shape index (κ2) is 9.77. The Morgan fingerprint density at radius 3 is 2.48 bits per heavy atom. The van der Waals surface area contributed by atoms with E-state index in [1.807, 2.05) is 33.1 Å². The number of rotatable bonds is 7. The Balaban J connectivity index is 1.85. The van der Waals surface area contributed by atoms with Gasteiger partial charge in [0.05, 0.1) is 13.0 Å². The van der Waals surface area contributed by atoms with E-state index in [9.17, 15) is 9.59 Å². The zero-order valence-corrected chi connectivity index (χ0v) is 18.4. The number of hydrogen-bond acceptors (Lipinski definition) is 5. The van der Waals surface area contributed by atoms with Crippen molar-refractivity contribution < 1.29 is 24.1 Å². The third-order valence-corrected chi connectivity index (χ3v) is 5.79. The number of esters is 1. The predicted octanol–water partition coefficient (Wildman–Crippen LogP) is -0.960. The number of nitrogens with zero attached hydrogens (tertiary/aromatic N) is 1. The molecule has 1 amide bonds. The van der Waals surface area contributed by atoms with Crippen LogP contribution in [0.15, 0.2) is 5.38 Å². The smallest absolute Gasteiger partial charge is 0.311 e. The summed E-state index contributed by atoms with van der Waals surface area (Å²) in [6.45, 7) is 13.4. The summed E-state index contributed by atoms with van der Waals surface area (Å²) in [5.41, 5.74) is 0.740. The van der Waals surface area contributed by atoms with E-state index in [4.69, 9.17) is 17.0 Å². The lowest BCUT2D eigenvalue weighted by Crippen LogP contribution is -3.28. The quantitative estimate of drug-likeness (QED) is 0.396. The number of hydrogen-bond donors (Lipinski definition) is 3. The molecule has 0 aromatic carbocycles. The third-order valence-electron chi connectivity index (χ3n) is 4.46. The molecule has 1 aliphatic rings. The van der Waals surface area contributed by atoms with E-state index < -0.39 is 0 Å². The first-order chi connectivity index (χ1) is 12.7. The molecule has 0 spiro atoms. The molecule has 0 aliphatic carbocycles. The van der Waals surface area contributed by atoms with Crippen molar-refractivity contribution in [2.45, 2.75) is 46.3 Å². The van der Waals surface area contributed by atoms with Crippen molar-refractivity contribution in [2.75, 3.05) is 39.3 Å². The maximum Gasteiger partial charge on any atom is 0.311 e. The lowest BCUT2D eigenvalue weighted by Gasteiger charge is -2.30. The van der Waals surface area contributed by atoms with E-state index in [1.54, 1.807) is 0 Å². The number of nitrogens with one attached hydrogen (secondary N) is 3. The first-order valence-corrected chi connectivity index (χ1v) is 10.8. The number of quaternary nitrogens is 2. The molecule has 0 radical (unpaired) electrons. The number of carbonyl (C=O) groups excluding carboxylic acids is 2. The average Bonchev–Trinajstić information content (AvgIpc) is 2.88. The highest BCUT2D eigenvalue weighted by Crippen LogP contribution is 2.11. The second-order valence-corrected chi connectivity index (χ2v) is 9.54. The largest absolute Gasteiger partial charge is 0.466 e. The molecule has 2 rings (SSSR count). The SMILES string of the molecule is CCOC(=O)Cc1csc(=S)n1C[NH+]1CC[NH+](CC(=O)NC(C)(C)C)CC1. The van der Waals surface area contributed by atoms with Gasteiger partial charge in [-0.1, -0.05) is 0 Å². The number of piperazine rings is 1. The van der Waals surface area contributed by atoms with Crippen molar-refractivity contribution in [3.05, 3.63) is 15.0 Å². The van der Waals surface area contributed by atoms with Crippen LogP contribution in [-0.4, -0.2) is 61.3 Å². The van der Waals surface area contributed by atoms with Gasteiger partial charge in [-0.2, -0.15) is 0 Å². The fourth-order valence-electron chi connectivity index (χ4n) is 3.23. The van der Waals surface area contributed by atoms with Gasteiger partial charge >= 0.3 is 5.97 Å². The van der Waals surface area contributed by atoms with Crippen LogP contribution >= 0.6 is 23.6 Å². The van der Waals surface area contributed by atoms with Gasteiger partial charge < -0.3 is 19.9 Å². The highest BCUT2D eigenvalue weighted by atomic mass is 32.1. The fourth-order valence-corrected chi connectivity index (χ4v) is 4.31. The van der Waals surface area contributed by atoms with Gasteiger partial charge in [-0.25, -0.2) is 0 Å². The first kappa shape index (κ1) is 22.0. The maximum atomic E-state index is 12.1. The van der Waals surface area contributed by atoms with Gasteiger partial charge in [0.2, 0.25) is 0 Å². The van der Waals surface area contributed by atoms with Gasteiger partial charge in [0.1, 0.15) is 26.2 Å². The lowest BCUT2D eigenvalue weighted by molar-refractivity contribution is -1.02. The summed E-state index contributed by atoms with van der Waals surface area (Å²) in [5.74, 6) is -0.106. The summed E-state index contributed by atoms with van der Waals surface area (Å²) in [5, 5.41) is 4.99. The van der Waals surface area contributed by atoms with E-state index >= 15 is 0 Å². The minimum atomic E-state index is -0.215. The molecule has 152 valence electrons. The molecule has 7 nitrogen and oxygen atoms in total. The average molecular weight is 417 g/mol. The van der Waals surface area contributed by atoms with Crippen LogP contribution < -0.4 is 15.1 Å². The topological polar surface area (TPSA) is 69.2 Å². The maximum absolute atomic E-state index is 12.1. The van der Waals surface area contributed by atoms with Gasteiger partial charge in [-0.05, 0) is 39.9 Å². The molecule has 1 fully saturated rings. The molecule has 0 unspecified atom stereocenters. The van der Waals surface area contributed by atoms with E-state index in [-0.39, 0.29) is 23.8 Å². The van der Waals surface area contributed by atoms with Crippen LogP contribution in [0.3, 0.4) is 0 Å². The summed E-state index contributed by atoms with van der Waals surface area (Å²) < 4.78 is 7.91. The molecule has 1 aromatic rings. The standard InChI is InChI=1S/C18H30N4O3S2/c1-5-25-16(24)10-14-12-27-17(26)22(14)13-21-8-6-20(7-9-21)11-15(23)19-18(2,3)4/h12H,5-11,13H2,1-4H3,(H,19,23)/p+2. The van der Waals surface area contributed by atoms with E-state index in [0.29, 0.717) is 13.2 Å². The zero-order chi connectivity index (χ0) is 20.0. The van der Waals surface area contributed by atoms with E-state index in [1.165, 1.54) is 21.1 Å². The number of aromatic nitrogens is 1. The minimum absolute atomic E-state index is 0.109. The molecule has 2 heterocycles. The molecule has 3 N–H and O–H groups in total. The number of thiazole rings is 1. The fraction of sp³-hybridized carbons (Fsp3) is 0.722. The Labute approximate surface area is 170 Å². The van der Waals surface area contributed by atoms with Crippen LogP contribution in [0.4, 0.5) is 0 Å². The van der Waals surface area contributed by atoms with Crippen LogP contribution in [0.25, 0.3) is 0 Å². The van der Waals surface area contributed by atoms with Gasteiger partial charge in [0, 0.05) is 16.6 Å². The van der Waals surface area contributed by atoms with Crippen molar-refractivity contribution in [1.82, 2.24) is 9.88 Å². The Morgan fingerprint density at radius 1 is 1.26 bits per heavy atom. The van der Waals surface area contributed by atoms with E-state index in [2.05, 4.69) is 9.88 Å². The monoisotopic (exact) mass is 416 g/mol. The van der Waals surface area contributed by atoms with Crippen molar-refractivity contribution in [1.29, 1.82) is 0 Å². The summed E-state index contributed by atoms with van der Waals surface area (Å²) in [6, 6.07) is 0. The van der Waals surface area contributed by atoms with Gasteiger partial charge in [-0.15, -0.1) is 11.3 Å². The highest BCUT2D eigenvalue weighted by Gasteiger charge is 2.27. The third kappa shape index (κ3) is 7.33. The van der Waals surface area contributed by atoms with Crippen LogP contribution in [0.1, 0.15) is 33.4 Å². The Morgan fingerprint density at radius 2 is 1.89 bits per heavy atom. The zero-order valence-electron chi connectivity index (χ0n) is 16.7. The first-order valence-electron chi connectivity index (χ1n) is 9.49. The second-order valence-electron chi connectivity index (χ2n) is 8.04. The number of ether oxygens (including phenoxy) is 1. The molecule has 1 saturated heterocycles. The minimum Gasteiger partial charge on any atom is -0.466 e. The Kier molecular flexibility index (Phi) is 7.96. The Bertz CT molecular complexity index is 700.